The molecule has 1 rings (SSSR count). The molecule has 1 unspecified atom stereocenters. The van der Waals surface area contributed by atoms with Gasteiger partial charge in [-0.15, -0.1) is 0 Å². The number of oxime groups is 1. The lowest BCUT2D eigenvalue weighted by Crippen LogP contribution is -2.41. The summed E-state index contributed by atoms with van der Waals surface area (Å²) < 4.78 is 5.85. The molecule has 0 aromatic heterocycles. The van der Waals surface area contributed by atoms with Gasteiger partial charge >= 0.3 is 0 Å². The Balaban J connectivity index is 2.27. The Morgan fingerprint density at radius 3 is 2.90 bits per heavy atom. The van der Waals surface area contributed by atoms with Crippen molar-refractivity contribution in [1.29, 1.82) is 0 Å². The Labute approximate surface area is 123 Å². The topological polar surface area (TPSA) is 71.1 Å². The maximum absolute atomic E-state index is 8.77. The Bertz CT molecular complexity index is 305. The second-order valence-corrected chi connectivity index (χ2v) is 6.41. The fraction of sp³-hybridized carbons (Fsp3) is 0.933. The number of nitrogens with zero attached hydrogens (tertiary/aromatic N) is 2. The SMILES string of the molecule is CCCOC1CCCN(CCCC(C)(C)C(N)=NO)C1. The molecule has 1 aliphatic rings. The molecule has 20 heavy (non-hydrogen) atoms. The number of likely N-dealkylation sites (tertiary alicyclic amines) is 1. The molecule has 5 nitrogen and oxygen atoms in total. The van der Waals surface area contributed by atoms with Crippen molar-refractivity contribution in [3.8, 4) is 0 Å². The Kier molecular flexibility index (Phi) is 7.30. The van der Waals surface area contributed by atoms with E-state index in [0.717, 1.165) is 45.5 Å². The van der Waals surface area contributed by atoms with Gasteiger partial charge in [0, 0.05) is 18.6 Å². The summed E-state index contributed by atoms with van der Waals surface area (Å²) in [5.74, 6) is 0.320. The molecule has 3 N–H and O–H groups in total. The van der Waals surface area contributed by atoms with E-state index in [2.05, 4.69) is 17.0 Å². The predicted octanol–water partition coefficient (Wildman–Crippen LogP) is 2.43. The summed E-state index contributed by atoms with van der Waals surface area (Å²) in [5.41, 5.74) is 5.48. The van der Waals surface area contributed by atoms with Crippen molar-refractivity contribution in [1.82, 2.24) is 4.90 Å². The summed E-state index contributed by atoms with van der Waals surface area (Å²) in [6.45, 7) is 10.3. The van der Waals surface area contributed by atoms with Gasteiger partial charge < -0.3 is 20.6 Å². The summed E-state index contributed by atoms with van der Waals surface area (Å²) in [5, 5.41) is 11.9. The number of ether oxygens (including phenoxy) is 1. The van der Waals surface area contributed by atoms with Crippen LogP contribution in [0.3, 0.4) is 0 Å². The predicted molar refractivity (Wildman–Crippen MR) is 82.1 cm³/mol. The molecule has 0 bridgehead atoms. The standard InChI is InChI=1S/C15H31N3O2/c1-4-11-20-13-7-5-9-18(12-13)10-6-8-15(2,3)14(16)17-19/h13,19H,4-12H2,1-3H3,(H2,16,17). The van der Waals surface area contributed by atoms with Crippen LogP contribution >= 0.6 is 0 Å². The van der Waals surface area contributed by atoms with Crippen molar-refractivity contribution in [2.45, 2.75) is 59.0 Å². The van der Waals surface area contributed by atoms with E-state index in [0.29, 0.717) is 11.9 Å². The number of piperidine rings is 1. The van der Waals surface area contributed by atoms with Gasteiger partial charge in [-0.25, -0.2) is 0 Å². The van der Waals surface area contributed by atoms with Crippen molar-refractivity contribution in [3.63, 3.8) is 0 Å². The van der Waals surface area contributed by atoms with Crippen LogP contribution in [0.5, 0.6) is 0 Å². The molecule has 0 spiro atoms. The first-order valence-corrected chi connectivity index (χ1v) is 7.81. The van der Waals surface area contributed by atoms with E-state index in [1.54, 1.807) is 0 Å². The van der Waals surface area contributed by atoms with Crippen molar-refractivity contribution in [2.24, 2.45) is 16.3 Å². The van der Waals surface area contributed by atoms with Crippen LogP contribution in [0.15, 0.2) is 5.16 Å². The quantitative estimate of drug-likeness (QED) is 0.311. The van der Waals surface area contributed by atoms with E-state index in [-0.39, 0.29) is 5.41 Å². The van der Waals surface area contributed by atoms with Gasteiger partial charge in [0.05, 0.1) is 6.10 Å². The molecule has 1 fully saturated rings. The lowest BCUT2D eigenvalue weighted by atomic mass is 9.86. The van der Waals surface area contributed by atoms with Crippen molar-refractivity contribution < 1.29 is 9.94 Å². The number of rotatable bonds is 8. The zero-order chi connectivity index (χ0) is 15.0. The van der Waals surface area contributed by atoms with E-state index >= 15 is 0 Å². The first-order chi connectivity index (χ1) is 9.49. The number of nitrogens with two attached hydrogens (primary N) is 1. The van der Waals surface area contributed by atoms with Crippen molar-refractivity contribution in [2.75, 3.05) is 26.2 Å². The van der Waals surface area contributed by atoms with Gasteiger partial charge in [-0.1, -0.05) is 25.9 Å². The second-order valence-electron chi connectivity index (χ2n) is 6.41. The van der Waals surface area contributed by atoms with Crippen LogP contribution in [-0.4, -0.2) is 48.3 Å². The second kappa shape index (κ2) is 8.47. The average molecular weight is 285 g/mol. The smallest absolute Gasteiger partial charge is 0.144 e. The van der Waals surface area contributed by atoms with Crippen LogP contribution in [0, 0.1) is 5.41 Å². The summed E-state index contributed by atoms with van der Waals surface area (Å²) in [6, 6.07) is 0. The normalized spacial score (nSPS) is 22.1. The molecule has 0 aromatic rings. The number of hydrogen-bond acceptors (Lipinski definition) is 4. The average Bonchev–Trinajstić information content (AvgIpc) is 2.44. The summed E-state index contributed by atoms with van der Waals surface area (Å²) in [6.07, 6.45) is 5.89. The molecule has 0 radical (unpaired) electrons. The molecule has 118 valence electrons. The van der Waals surface area contributed by atoms with E-state index in [4.69, 9.17) is 15.7 Å². The minimum Gasteiger partial charge on any atom is -0.409 e. The molecular weight excluding hydrogens is 254 g/mol. The first kappa shape index (κ1) is 17.2. The van der Waals surface area contributed by atoms with Crippen LogP contribution in [0.25, 0.3) is 0 Å². The minimum absolute atomic E-state index is 0.233. The molecule has 1 heterocycles. The zero-order valence-corrected chi connectivity index (χ0v) is 13.3. The van der Waals surface area contributed by atoms with Crippen LogP contribution in [0.4, 0.5) is 0 Å². The highest BCUT2D eigenvalue weighted by Crippen LogP contribution is 2.23. The van der Waals surface area contributed by atoms with Gasteiger partial charge in [-0.05, 0) is 45.2 Å². The van der Waals surface area contributed by atoms with Crippen molar-refractivity contribution >= 4 is 5.84 Å². The van der Waals surface area contributed by atoms with Gasteiger partial charge in [-0.2, -0.15) is 0 Å². The number of hydrogen-bond donors (Lipinski definition) is 2. The summed E-state index contributed by atoms with van der Waals surface area (Å²) in [7, 11) is 0. The summed E-state index contributed by atoms with van der Waals surface area (Å²) in [4.78, 5) is 2.48. The van der Waals surface area contributed by atoms with E-state index in [1.165, 1.54) is 12.8 Å². The Hall–Kier alpha value is -0.810. The monoisotopic (exact) mass is 285 g/mol. The largest absolute Gasteiger partial charge is 0.409 e. The molecule has 5 heteroatoms. The third kappa shape index (κ3) is 5.67. The highest BCUT2D eigenvalue weighted by molar-refractivity contribution is 5.85. The number of amidine groups is 1. The molecule has 1 aliphatic heterocycles. The van der Waals surface area contributed by atoms with Crippen molar-refractivity contribution in [3.05, 3.63) is 0 Å². The van der Waals surface area contributed by atoms with Gasteiger partial charge in [0.2, 0.25) is 0 Å². The molecule has 0 saturated carbocycles. The zero-order valence-electron chi connectivity index (χ0n) is 13.3. The van der Waals surface area contributed by atoms with Gasteiger partial charge in [0.1, 0.15) is 5.84 Å². The first-order valence-electron chi connectivity index (χ1n) is 7.81. The lowest BCUT2D eigenvalue weighted by Gasteiger charge is -2.33. The van der Waals surface area contributed by atoms with Crippen LogP contribution in [0.1, 0.15) is 52.9 Å². The third-order valence-corrected chi connectivity index (χ3v) is 4.10. The van der Waals surface area contributed by atoms with E-state index < -0.39 is 0 Å². The van der Waals surface area contributed by atoms with Crippen LogP contribution < -0.4 is 5.73 Å². The third-order valence-electron chi connectivity index (χ3n) is 4.10. The maximum atomic E-state index is 8.77. The van der Waals surface area contributed by atoms with Crippen LogP contribution in [-0.2, 0) is 4.74 Å². The molecule has 0 aliphatic carbocycles. The lowest BCUT2D eigenvalue weighted by molar-refractivity contribution is -0.000657. The molecular formula is C15H31N3O2. The molecule has 0 amide bonds. The molecule has 1 saturated heterocycles. The minimum atomic E-state index is -0.233. The van der Waals surface area contributed by atoms with E-state index in [1.807, 2.05) is 13.8 Å². The Morgan fingerprint density at radius 2 is 2.25 bits per heavy atom. The highest BCUT2D eigenvalue weighted by atomic mass is 16.5. The fourth-order valence-electron chi connectivity index (χ4n) is 2.64. The molecule has 1 atom stereocenters. The molecule has 0 aromatic carbocycles. The van der Waals surface area contributed by atoms with Gasteiger partial charge in [0.25, 0.3) is 0 Å². The highest BCUT2D eigenvalue weighted by Gasteiger charge is 2.24. The van der Waals surface area contributed by atoms with Gasteiger partial charge in [0.15, 0.2) is 0 Å². The van der Waals surface area contributed by atoms with Crippen LogP contribution in [0.2, 0.25) is 0 Å². The van der Waals surface area contributed by atoms with E-state index in [9.17, 15) is 0 Å². The van der Waals surface area contributed by atoms with Gasteiger partial charge in [-0.3, -0.25) is 0 Å². The maximum Gasteiger partial charge on any atom is 0.144 e. The summed E-state index contributed by atoms with van der Waals surface area (Å²) >= 11 is 0. The fourth-order valence-corrected chi connectivity index (χ4v) is 2.64. The Morgan fingerprint density at radius 1 is 1.50 bits per heavy atom.